The molecule has 0 spiro atoms. The number of hydrogen-bond donors (Lipinski definition) is 4. The third-order valence-corrected chi connectivity index (χ3v) is 17.8. The highest BCUT2D eigenvalue weighted by atomic mass is 35.5. The van der Waals surface area contributed by atoms with Crippen molar-refractivity contribution >= 4 is 57.1 Å². The van der Waals surface area contributed by atoms with E-state index < -0.39 is 69.7 Å². The molecule has 4 N–H and O–H groups in total. The summed E-state index contributed by atoms with van der Waals surface area (Å²) >= 11 is 13.2. The van der Waals surface area contributed by atoms with Gasteiger partial charge >= 0.3 is 0 Å². The van der Waals surface area contributed by atoms with Crippen LogP contribution in [0.3, 0.4) is 0 Å². The lowest BCUT2D eigenvalue weighted by molar-refractivity contribution is -0.165. The summed E-state index contributed by atoms with van der Waals surface area (Å²) in [6, 6.07) is 12.8. The summed E-state index contributed by atoms with van der Waals surface area (Å²) in [5.41, 5.74) is -6.65. The fourth-order valence-corrected chi connectivity index (χ4v) is 13.9. The lowest BCUT2D eigenvalue weighted by atomic mass is 9.55. The van der Waals surface area contributed by atoms with Gasteiger partial charge in [-0.15, -0.1) is 0 Å². The molecular weight excluding hydrogens is 994 g/mol. The maximum atomic E-state index is 17.6. The topological polar surface area (TPSA) is 147 Å². The molecule has 74 heavy (non-hydrogen) atoms. The zero-order valence-electron chi connectivity index (χ0n) is 41.8. The van der Waals surface area contributed by atoms with E-state index >= 15 is 27.2 Å². The van der Waals surface area contributed by atoms with Crippen molar-refractivity contribution in [3.63, 3.8) is 0 Å². The van der Waals surface area contributed by atoms with Gasteiger partial charge in [0.2, 0.25) is 11.8 Å². The monoisotopic (exact) mass is 1060 g/mol. The number of amides is 2. The minimum atomic E-state index is -2.33. The number of nitrogens with zero attached hydrogens (tertiary/aromatic N) is 5. The molecule has 394 valence electrons. The second kappa shape index (κ2) is 21.5. The number of halogens is 6. The largest absolute Gasteiger partial charge is 0.386 e. The van der Waals surface area contributed by atoms with Crippen molar-refractivity contribution in [2.75, 3.05) is 0 Å². The number of benzene rings is 3. The van der Waals surface area contributed by atoms with Gasteiger partial charge in [0, 0.05) is 49.0 Å². The van der Waals surface area contributed by atoms with Crippen LogP contribution in [0.2, 0.25) is 10.0 Å². The Morgan fingerprint density at radius 2 is 1.11 bits per heavy atom. The molecule has 4 aliphatic rings. The Morgan fingerprint density at radius 3 is 1.61 bits per heavy atom. The molecule has 6 aromatic rings. The lowest BCUT2D eigenvalue weighted by Gasteiger charge is -2.59. The van der Waals surface area contributed by atoms with Crippen molar-refractivity contribution < 1.29 is 37.4 Å². The summed E-state index contributed by atoms with van der Waals surface area (Å²) in [5, 5.41) is 33.2. The molecule has 17 heteroatoms. The zero-order chi connectivity index (χ0) is 51.9. The van der Waals surface area contributed by atoms with Gasteiger partial charge in [-0.25, -0.2) is 27.5 Å². The van der Waals surface area contributed by atoms with Crippen molar-refractivity contribution in [2.45, 2.75) is 177 Å². The van der Waals surface area contributed by atoms with Gasteiger partial charge in [0.05, 0.1) is 37.8 Å². The molecule has 3 aromatic carbocycles. The summed E-state index contributed by atoms with van der Waals surface area (Å²) in [6.45, 7) is 1.46. The second-order valence-electron chi connectivity index (χ2n) is 21.6. The summed E-state index contributed by atoms with van der Waals surface area (Å²) in [5.74, 6) is -7.94. The highest BCUT2D eigenvalue weighted by Gasteiger charge is 2.72. The van der Waals surface area contributed by atoms with Gasteiger partial charge < -0.3 is 30.0 Å². The van der Waals surface area contributed by atoms with Crippen LogP contribution in [0.15, 0.2) is 66.9 Å². The van der Waals surface area contributed by atoms with E-state index in [1.54, 1.807) is 33.4 Å². The third-order valence-electron chi connectivity index (χ3n) is 17.0. The van der Waals surface area contributed by atoms with Crippen LogP contribution < -0.4 is 10.6 Å². The molecule has 11 nitrogen and oxygen atoms in total. The third kappa shape index (κ3) is 9.29. The Balaban J connectivity index is 1.44. The van der Waals surface area contributed by atoms with Crippen molar-refractivity contribution in [3.05, 3.63) is 123 Å². The number of imidazole rings is 2. The van der Waals surface area contributed by atoms with E-state index in [1.807, 2.05) is 0 Å². The summed E-state index contributed by atoms with van der Waals surface area (Å²) in [6.07, 6.45) is 13.0. The first-order valence-electron chi connectivity index (χ1n) is 26.8. The number of aliphatic hydroxyl groups excluding tert-OH is 1. The van der Waals surface area contributed by atoms with Crippen LogP contribution in [0.1, 0.15) is 164 Å². The average Bonchev–Trinajstić information content (AvgIpc) is 3.95. The van der Waals surface area contributed by atoms with Gasteiger partial charge in [0.25, 0.3) is 0 Å². The van der Waals surface area contributed by atoms with Gasteiger partial charge in [0.1, 0.15) is 23.4 Å². The molecular formula is C57H65Cl2F4N7O4. The maximum absolute atomic E-state index is 17.6. The van der Waals surface area contributed by atoms with Crippen molar-refractivity contribution in [2.24, 2.45) is 11.8 Å². The minimum absolute atomic E-state index is 0.0124. The van der Waals surface area contributed by atoms with E-state index in [4.69, 9.17) is 33.2 Å². The summed E-state index contributed by atoms with van der Waals surface area (Å²) in [7, 11) is 0. The van der Waals surface area contributed by atoms with Gasteiger partial charge in [-0.05, 0) is 100.0 Å². The Bertz CT molecular complexity index is 3020. The molecule has 0 aliphatic heterocycles. The number of nitrogens with one attached hydrogen (secondary N) is 2. The summed E-state index contributed by atoms with van der Waals surface area (Å²) in [4.78, 5) is 49.7. The summed E-state index contributed by atoms with van der Waals surface area (Å²) < 4.78 is 68.1. The molecule has 4 atom stereocenters. The number of carbonyl (C=O) groups is 2. The smallest absolute Gasteiger partial charge is 0.249 e. The Labute approximate surface area is 438 Å². The van der Waals surface area contributed by atoms with Crippen LogP contribution in [-0.4, -0.2) is 58.2 Å². The maximum Gasteiger partial charge on any atom is 0.249 e. The van der Waals surface area contributed by atoms with Crippen LogP contribution in [-0.2, 0) is 32.7 Å². The highest BCUT2D eigenvalue weighted by molar-refractivity contribution is 6.42. The van der Waals surface area contributed by atoms with E-state index in [-0.39, 0.29) is 73.5 Å². The quantitative estimate of drug-likeness (QED) is 0.0794. The Morgan fingerprint density at radius 1 is 0.635 bits per heavy atom. The number of carbonyl (C=O) groups excluding carboxylic acids is 2. The average molecular weight is 1060 g/mol. The number of rotatable bonds is 14. The van der Waals surface area contributed by atoms with Gasteiger partial charge in [0.15, 0.2) is 34.3 Å². The van der Waals surface area contributed by atoms with E-state index in [0.717, 1.165) is 75.6 Å². The fourth-order valence-electron chi connectivity index (χ4n) is 13.6. The first-order valence-corrected chi connectivity index (χ1v) is 27.6. The SMILES string of the molecule is CC(O)(c1ccc(Cl)c(Cl)c1)c1nc2cc(F)c(F)cc2n1C(C(=O)NC1CCCCC1)(C1CCCCC1)C(C(=O)NC1CCCCC1)(C1CCCCC1)n1c(CC(O)c2ccccn2)nc2cc(F)c(F)cc21. The van der Waals surface area contributed by atoms with Crippen LogP contribution in [0, 0.1) is 35.1 Å². The molecule has 4 aliphatic carbocycles. The van der Waals surface area contributed by atoms with Crippen LogP contribution in [0.25, 0.3) is 22.1 Å². The van der Waals surface area contributed by atoms with Gasteiger partial charge in [-0.1, -0.05) is 112 Å². The molecule has 3 aromatic heterocycles. The van der Waals surface area contributed by atoms with E-state index in [9.17, 15) is 10.2 Å². The number of pyridine rings is 1. The number of aromatic nitrogens is 5. The second-order valence-corrected chi connectivity index (χ2v) is 22.5. The predicted octanol–water partition coefficient (Wildman–Crippen LogP) is 12.3. The molecule has 0 bridgehead atoms. The highest BCUT2D eigenvalue weighted by Crippen LogP contribution is 2.59. The molecule has 2 amide bonds. The number of aliphatic hydroxyl groups is 2. The standard InChI is InChI=1S/C57H65Cl2F4N7O4/c1-55(74,36-25-26-39(58)40(59)28-36)52-68-47-30-42(61)44(63)32-49(47)70(52)57(35-18-8-3-9-19-35,54(73)66-38-22-12-5-13-23-38)56(34-16-6-2-7-17-34,53(72)65-37-20-10-4-11-21-37)69-48-31-43(62)41(60)29-46(48)67-51(69)33-50(71)45-24-14-15-27-64-45/h14-15,24-32,34-35,37-38,50,71,74H,2-13,16-23,33H2,1H3,(H,65,72)(H,66,73). The molecule has 4 saturated carbocycles. The van der Waals surface area contributed by atoms with Crippen molar-refractivity contribution in [1.29, 1.82) is 0 Å². The van der Waals surface area contributed by atoms with Crippen LogP contribution in [0.5, 0.6) is 0 Å². The molecule has 0 radical (unpaired) electrons. The fraction of sp³-hybridized carbons (Fsp3) is 0.526. The molecule has 0 saturated heterocycles. The molecule has 4 fully saturated rings. The van der Waals surface area contributed by atoms with Crippen molar-refractivity contribution in [1.82, 2.24) is 34.7 Å². The number of hydrogen-bond acceptors (Lipinski definition) is 7. The Hall–Kier alpha value is -5.09. The lowest BCUT2D eigenvalue weighted by Crippen LogP contribution is -2.76. The Kier molecular flexibility index (Phi) is 15.2. The van der Waals surface area contributed by atoms with Gasteiger partial charge in [-0.3, -0.25) is 14.6 Å². The minimum Gasteiger partial charge on any atom is -0.386 e. The van der Waals surface area contributed by atoms with E-state index in [0.29, 0.717) is 77.0 Å². The predicted molar refractivity (Wildman–Crippen MR) is 276 cm³/mol. The van der Waals surface area contributed by atoms with E-state index in [2.05, 4.69) is 15.6 Å². The molecule has 3 heterocycles. The van der Waals surface area contributed by atoms with E-state index in [1.165, 1.54) is 25.3 Å². The molecule has 4 unspecified atom stereocenters. The zero-order valence-corrected chi connectivity index (χ0v) is 43.3. The normalized spacial score (nSPS) is 20.7. The van der Waals surface area contributed by atoms with Crippen LogP contribution in [0.4, 0.5) is 17.6 Å². The molecule has 10 rings (SSSR count). The number of fused-ring (bicyclic) bond motifs is 2. The first-order chi connectivity index (χ1) is 35.7. The van der Waals surface area contributed by atoms with Gasteiger partial charge in [-0.2, -0.15) is 0 Å². The first kappa shape index (κ1) is 52.4. The van der Waals surface area contributed by atoms with Crippen molar-refractivity contribution in [3.8, 4) is 0 Å². The van der Waals surface area contributed by atoms with Crippen LogP contribution >= 0.6 is 23.2 Å².